The molecule has 0 unspecified atom stereocenters. The van der Waals surface area contributed by atoms with Gasteiger partial charge in [-0.25, -0.2) is 23.3 Å². The van der Waals surface area contributed by atoms with Gasteiger partial charge in [0.1, 0.15) is 22.4 Å². The molecule has 0 spiro atoms. The normalized spacial score (nSPS) is 24.8. The highest BCUT2D eigenvalue weighted by Gasteiger charge is 2.81. The molecule has 4 aromatic heterocycles. The minimum absolute atomic E-state index is 0.0193. The van der Waals surface area contributed by atoms with Crippen LogP contribution in [0.5, 0.6) is 0 Å². The number of fused-ring (bicyclic) bond motifs is 3. The van der Waals surface area contributed by atoms with E-state index in [1.54, 1.807) is 24.6 Å². The second-order valence-corrected chi connectivity index (χ2v) is 10.1. The summed E-state index contributed by atoms with van der Waals surface area (Å²) >= 11 is 0. The zero-order valence-corrected chi connectivity index (χ0v) is 21.2. The molecule has 194 valence electrons. The van der Waals surface area contributed by atoms with Gasteiger partial charge in [-0.15, -0.1) is 5.10 Å². The summed E-state index contributed by atoms with van der Waals surface area (Å²) < 4.78 is 35.3. The summed E-state index contributed by atoms with van der Waals surface area (Å²) in [6, 6.07) is 5.55. The lowest BCUT2D eigenvalue weighted by Gasteiger charge is -2.18. The monoisotopic (exact) mass is 509 g/mol. The molecule has 10 nitrogen and oxygen atoms in total. The van der Waals surface area contributed by atoms with Gasteiger partial charge in [0.05, 0.1) is 31.5 Å². The first-order valence-electron chi connectivity index (χ1n) is 12.3. The molecule has 1 saturated heterocycles. The average Bonchev–Trinajstić information content (AvgIpc) is 3.29. The van der Waals surface area contributed by atoms with E-state index < -0.39 is 13.0 Å². The molecule has 37 heavy (non-hydrogen) atoms. The number of hydrogen-bond donors (Lipinski definition) is 2. The third-order valence-corrected chi connectivity index (χ3v) is 8.09. The molecule has 4 aromatic rings. The molecule has 0 amide bonds. The molecule has 5 heterocycles. The number of rotatable bonds is 8. The van der Waals surface area contributed by atoms with Gasteiger partial charge in [0.15, 0.2) is 11.5 Å². The maximum Gasteiger partial charge on any atom is 0.256 e. The maximum absolute atomic E-state index is 13.2. The fourth-order valence-corrected chi connectivity index (χ4v) is 6.16. The van der Waals surface area contributed by atoms with Gasteiger partial charge in [0.25, 0.3) is 6.43 Å². The predicted molar refractivity (Wildman–Crippen MR) is 138 cm³/mol. The number of aliphatic imine (C=N–C) groups is 1. The Morgan fingerprint density at radius 2 is 2.03 bits per heavy atom. The van der Waals surface area contributed by atoms with Crippen LogP contribution < -0.4 is 10.6 Å². The van der Waals surface area contributed by atoms with Crippen molar-refractivity contribution in [3.63, 3.8) is 0 Å². The van der Waals surface area contributed by atoms with E-state index in [2.05, 4.69) is 41.2 Å². The molecular weight excluding hydrogens is 480 g/mol. The van der Waals surface area contributed by atoms with Gasteiger partial charge in [-0.3, -0.25) is 4.99 Å². The van der Waals surface area contributed by atoms with E-state index >= 15 is 0 Å². The molecule has 1 aliphatic heterocycles. The van der Waals surface area contributed by atoms with Crippen LogP contribution >= 0.6 is 0 Å². The molecule has 2 aliphatic rings. The van der Waals surface area contributed by atoms with Gasteiger partial charge in [0, 0.05) is 24.2 Å². The number of halogens is 2. The van der Waals surface area contributed by atoms with Crippen molar-refractivity contribution in [1.82, 2.24) is 29.1 Å². The van der Waals surface area contributed by atoms with E-state index in [1.165, 1.54) is 4.57 Å². The van der Waals surface area contributed by atoms with Gasteiger partial charge < -0.3 is 19.9 Å². The Balaban J connectivity index is 1.39. The average molecular weight is 510 g/mol. The quantitative estimate of drug-likeness (QED) is 0.349. The summed E-state index contributed by atoms with van der Waals surface area (Å²) in [7, 11) is 1.79. The van der Waals surface area contributed by atoms with Crippen molar-refractivity contribution in [3.8, 4) is 11.3 Å². The summed E-state index contributed by atoms with van der Waals surface area (Å²) in [6.07, 6.45) is -0.669. The molecule has 3 atom stereocenters. The number of alkyl halides is 2. The van der Waals surface area contributed by atoms with Crippen molar-refractivity contribution in [2.24, 2.45) is 16.3 Å². The topological polar surface area (TPSA) is 107 Å². The Hall–Kier alpha value is -3.67. The van der Waals surface area contributed by atoms with Crippen LogP contribution in [0.3, 0.4) is 0 Å². The molecule has 1 saturated carbocycles. The van der Waals surface area contributed by atoms with Crippen LogP contribution in [0, 0.1) is 18.3 Å². The van der Waals surface area contributed by atoms with E-state index in [1.807, 2.05) is 18.3 Å². The molecule has 12 heteroatoms. The Kier molecular flexibility index (Phi) is 5.23. The fraction of sp³-hybridized carbons (Fsp3) is 0.480. The number of anilines is 2. The van der Waals surface area contributed by atoms with E-state index in [0.29, 0.717) is 53.6 Å². The molecule has 6 rings (SSSR count). The number of imidazole rings is 1. The highest BCUT2D eigenvalue weighted by Crippen LogP contribution is 2.67. The SMILES string of the molecule is C=N[C@]12COC[C@@]1(C(C)C)[C@@H]2Nc1nc(NC)c2c(-c3ccc4nc(C)n(CC(F)F)c4n3)ccn2n1. The Bertz CT molecular complexity index is 1530. The van der Waals surface area contributed by atoms with Gasteiger partial charge in [0.2, 0.25) is 5.95 Å². The minimum Gasteiger partial charge on any atom is -0.378 e. The zero-order chi connectivity index (χ0) is 26.1. The first-order chi connectivity index (χ1) is 17.8. The van der Waals surface area contributed by atoms with Crippen molar-refractivity contribution >= 4 is 35.2 Å². The molecule has 1 aliphatic carbocycles. The van der Waals surface area contributed by atoms with E-state index in [0.717, 1.165) is 11.1 Å². The number of nitrogens with zero attached hydrogens (tertiary/aromatic N) is 7. The lowest BCUT2D eigenvalue weighted by Crippen LogP contribution is -2.25. The van der Waals surface area contributed by atoms with Crippen molar-refractivity contribution in [1.29, 1.82) is 0 Å². The summed E-state index contributed by atoms with van der Waals surface area (Å²) in [5.74, 6) is 1.91. The largest absolute Gasteiger partial charge is 0.378 e. The molecule has 0 radical (unpaired) electrons. The predicted octanol–water partition coefficient (Wildman–Crippen LogP) is 3.66. The van der Waals surface area contributed by atoms with Crippen LogP contribution in [-0.4, -0.2) is 74.1 Å². The number of aromatic nitrogens is 6. The van der Waals surface area contributed by atoms with Crippen molar-refractivity contribution in [3.05, 3.63) is 30.2 Å². The van der Waals surface area contributed by atoms with Crippen molar-refractivity contribution in [2.45, 2.75) is 45.3 Å². The highest BCUT2D eigenvalue weighted by atomic mass is 19.3. The molecule has 0 aromatic carbocycles. The first kappa shape index (κ1) is 23.7. The van der Waals surface area contributed by atoms with Crippen LogP contribution in [0.4, 0.5) is 20.5 Å². The number of ether oxygens (including phenoxy) is 1. The number of pyridine rings is 1. The standard InChI is InChI=1S/C25H29F2N9O/c1-13(2)24-11-37-12-25(24,29-5)22(24)33-23-32-20(28-4)19-15(8-9-36(19)34-23)16-6-7-17-21(31-16)35(10-18(26)27)14(3)30-17/h6-9,13,18,22H,5,10-12H2,1-4H3,(H2,28,32,33,34)/t22-,24+,25-/m0/s1. The van der Waals surface area contributed by atoms with E-state index in [-0.39, 0.29) is 17.0 Å². The lowest BCUT2D eigenvalue weighted by atomic mass is 9.89. The number of nitrogens with one attached hydrogen (secondary N) is 2. The third kappa shape index (κ3) is 3.20. The maximum atomic E-state index is 13.2. The van der Waals surface area contributed by atoms with Crippen LogP contribution in [0.1, 0.15) is 19.7 Å². The second kappa shape index (κ2) is 8.17. The van der Waals surface area contributed by atoms with Gasteiger partial charge in [-0.2, -0.15) is 4.98 Å². The molecule has 2 fully saturated rings. The Labute approximate surface area is 212 Å². The van der Waals surface area contributed by atoms with Gasteiger partial charge >= 0.3 is 0 Å². The smallest absolute Gasteiger partial charge is 0.256 e. The summed E-state index contributed by atoms with van der Waals surface area (Å²) in [6.45, 7) is 10.6. The lowest BCUT2D eigenvalue weighted by molar-refractivity contribution is 0.127. The summed E-state index contributed by atoms with van der Waals surface area (Å²) in [4.78, 5) is 18.3. The summed E-state index contributed by atoms with van der Waals surface area (Å²) in [5.41, 5.74) is 2.58. The van der Waals surface area contributed by atoms with Crippen molar-refractivity contribution < 1.29 is 13.5 Å². The van der Waals surface area contributed by atoms with Crippen molar-refractivity contribution in [2.75, 3.05) is 30.9 Å². The van der Waals surface area contributed by atoms with E-state index in [4.69, 9.17) is 19.8 Å². The minimum atomic E-state index is -2.50. The fourth-order valence-electron chi connectivity index (χ4n) is 6.16. The highest BCUT2D eigenvalue weighted by molar-refractivity contribution is 5.89. The number of aryl methyl sites for hydroxylation is 1. The van der Waals surface area contributed by atoms with Crippen LogP contribution in [0.2, 0.25) is 0 Å². The van der Waals surface area contributed by atoms with E-state index in [9.17, 15) is 8.78 Å². The molecule has 2 N–H and O–H groups in total. The van der Waals surface area contributed by atoms with Gasteiger partial charge in [-0.05, 0) is 37.8 Å². The van der Waals surface area contributed by atoms with Gasteiger partial charge in [-0.1, -0.05) is 13.8 Å². The first-order valence-corrected chi connectivity index (χ1v) is 12.3. The Morgan fingerprint density at radius 1 is 1.22 bits per heavy atom. The van der Waals surface area contributed by atoms with Crippen LogP contribution in [0.15, 0.2) is 29.4 Å². The second-order valence-electron chi connectivity index (χ2n) is 10.1. The van der Waals surface area contributed by atoms with Crippen LogP contribution in [0.25, 0.3) is 27.9 Å². The molecular formula is C25H29F2N9O. The third-order valence-electron chi connectivity index (χ3n) is 8.09. The van der Waals surface area contributed by atoms with Crippen LogP contribution in [-0.2, 0) is 11.3 Å². The molecule has 0 bridgehead atoms. The zero-order valence-electron chi connectivity index (χ0n) is 21.2. The summed E-state index contributed by atoms with van der Waals surface area (Å²) in [5, 5.41) is 11.4. The Morgan fingerprint density at radius 3 is 2.70 bits per heavy atom. The number of hydrogen-bond acceptors (Lipinski definition) is 8.